The molecule has 1 fully saturated rings. The lowest BCUT2D eigenvalue weighted by Gasteiger charge is -2.59. The van der Waals surface area contributed by atoms with Crippen LogP contribution in [0.15, 0.2) is 6.07 Å². The number of nitriles is 1. The minimum absolute atomic E-state index is 0.0107. The molecule has 5 atom stereocenters. The Bertz CT molecular complexity index is 1660. The lowest BCUT2D eigenvalue weighted by molar-refractivity contribution is -0.147. The van der Waals surface area contributed by atoms with Crippen LogP contribution in [0.25, 0.3) is 0 Å². The number of carbonyl (C=O) groups is 3. The van der Waals surface area contributed by atoms with Gasteiger partial charge in [-0.3, -0.25) is 19.4 Å². The zero-order valence-corrected chi connectivity index (χ0v) is 26.8. The average Bonchev–Trinajstić information content (AvgIpc) is 3.39. The van der Waals surface area contributed by atoms with Crippen LogP contribution in [0.3, 0.4) is 0 Å². The van der Waals surface area contributed by atoms with Crippen LogP contribution >= 0.6 is 11.8 Å². The molecule has 0 spiro atoms. The molecule has 5 aliphatic heterocycles. The summed E-state index contributed by atoms with van der Waals surface area (Å²) in [7, 11) is 3.41. The van der Waals surface area contributed by atoms with Crippen LogP contribution in [0.1, 0.15) is 64.6 Å². The molecule has 1 saturated heterocycles. The van der Waals surface area contributed by atoms with Gasteiger partial charge >= 0.3 is 11.9 Å². The second kappa shape index (κ2) is 11.4. The van der Waals surface area contributed by atoms with Gasteiger partial charge in [0.1, 0.15) is 24.2 Å². The number of likely N-dealkylation sites (N-methyl/N-ethyl adjacent to an activating group) is 1. The highest BCUT2D eigenvalue weighted by Gasteiger charge is 2.63. The molecule has 12 nitrogen and oxygen atoms in total. The fourth-order valence-electron chi connectivity index (χ4n) is 7.88. The van der Waals surface area contributed by atoms with Crippen LogP contribution < -0.4 is 18.9 Å². The minimum Gasteiger partial charge on any atom is -0.504 e. The number of hydrogen-bond acceptors (Lipinski definition) is 13. The number of piperazine rings is 1. The number of esters is 2. The smallest absolute Gasteiger partial charge is 0.308 e. The summed E-state index contributed by atoms with van der Waals surface area (Å²) in [5, 5.41) is 22.3. The van der Waals surface area contributed by atoms with Crippen molar-refractivity contribution in [3.05, 3.63) is 39.4 Å². The summed E-state index contributed by atoms with van der Waals surface area (Å²) in [4.78, 5) is 40.9. The molecule has 0 aromatic heterocycles. The maximum Gasteiger partial charge on any atom is 0.308 e. The number of aryl methyl sites for hydroxylation is 1. The van der Waals surface area contributed by atoms with Crippen molar-refractivity contribution in [2.75, 3.05) is 39.9 Å². The first-order chi connectivity index (χ1) is 21.5. The third-order valence-corrected chi connectivity index (χ3v) is 10.5. The van der Waals surface area contributed by atoms with Crippen molar-refractivity contribution >= 4 is 30.0 Å². The number of thioether (sulfide) groups is 1. The fourth-order valence-corrected chi connectivity index (χ4v) is 9.05. The Morgan fingerprint density at radius 2 is 1.91 bits per heavy atom. The Hall–Kier alpha value is -3.99. The van der Waals surface area contributed by atoms with Gasteiger partial charge in [-0.25, -0.2) is 0 Å². The summed E-state index contributed by atoms with van der Waals surface area (Å²) in [6.45, 7) is 6.35. The molecule has 238 valence electrons. The monoisotopic (exact) mass is 637 g/mol. The number of nitrogens with zero attached hydrogens (tertiary/aromatic N) is 3. The van der Waals surface area contributed by atoms with Crippen molar-refractivity contribution in [3.63, 3.8) is 0 Å². The molecule has 13 heteroatoms. The first-order valence-electron chi connectivity index (χ1n) is 14.6. The van der Waals surface area contributed by atoms with Crippen LogP contribution in [-0.4, -0.2) is 84.6 Å². The number of phenolic OH excluding ortho intramolecular Hbond substituents is 1. The van der Waals surface area contributed by atoms with E-state index in [1.54, 1.807) is 6.92 Å². The van der Waals surface area contributed by atoms with Crippen molar-refractivity contribution in [3.8, 4) is 34.8 Å². The molecule has 0 amide bonds. The summed E-state index contributed by atoms with van der Waals surface area (Å²) in [5.41, 5.74) is 2.72. The molecule has 0 radical (unpaired) electrons. The Balaban J connectivity index is 1.74. The summed E-state index contributed by atoms with van der Waals surface area (Å²) >= 11 is 1.35. The number of benzene rings is 2. The number of ether oxygens (including phenoxy) is 5. The third-order valence-electron chi connectivity index (χ3n) is 9.25. The van der Waals surface area contributed by atoms with Gasteiger partial charge < -0.3 is 33.6 Å². The Morgan fingerprint density at radius 1 is 1.18 bits per heavy atom. The molecular formula is C32H35N3O9S. The normalized spacial score (nSPS) is 26.2. The SMILES string of the molecule is COc1c(C)cc2c(c1O)C1C3[C@H](SCC=O)c4c(OC(C)=O)c(C)c5c(c4[C@H](COC(C)=O)N3[C@](C#N)(C2)CN1C)OCO5. The molecule has 1 N–H and O–H groups in total. The highest BCUT2D eigenvalue weighted by atomic mass is 32.2. The van der Waals surface area contributed by atoms with Gasteiger partial charge in [0.2, 0.25) is 6.79 Å². The summed E-state index contributed by atoms with van der Waals surface area (Å²) in [6, 6.07) is 2.77. The van der Waals surface area contributed by atoms with Gasteiger partial charge in [-0.15, -0.1) is 11.8 Å². The number of hydrogen-bond donors (Lipinski definition) is 1. The maximum absolute atomic E-state index is 12.6. The van der Waals surface area contributed by atoms with E-state index in [2.05, 4.69) is 15.9 Å². The van der Waals surface area contributed by atoms with E-state index >= 15 is 0 Å². The lowest BCUT2D eigenvalue weighted by Crippen LogP contribution is -2.69. The molecule has 5 heterocycles. The summed E-state index contributed by atoms with van der Waals surface area (Å²) in [6.07, 6.45) is 1.06. The van der Waals surface area contributed by atoms with E-state index in [0.717, 1.165) is 17.4 Å². The first-order valence-corrected chi connectivity index (χ1v) is 15.7. The van der Waals surface area contributed by atoms with E-state index in [-0.39, 0.29) is 37.1 Å². The quantitative estimate of drug-likeness (QED) is 0.269. The number of aldehydes is 1. The topological polar surface area (TPSA) is 148 Å². The van der Waals surface area contributed by atoms with Gasteiger partial charge in [-0.05, 0) is 32.0 Å². The second-order valence-corrected chi connectivity index (χ2v) is 13.1. The summed E-state index contributed by atoms with van der Waals surface area (Å²) < 4.78 is 29.2. The molecule has 2 aromatic carbocycles. The van der Waals surface area contributed by atoms with E-state index in [1.807, 2.05) is 20.0 Å². The van der Waals surface area contributed by atoms with Gasteiger partial charge in [0.15, 0.2) is 23.0 Å². The van der Waals surface area contributed by atoms with E-state index in [0.29, 0.717) is 46.0 Å². The van der Waals surface area contributed by atoms with Crippen LogP contribution in [0.5, 0.6) is 28.7 Å². The average molecular weight is 638 g/mol. The van der Waals surface area contributed by atoms with Crippen molar-refractivity contribution in [2.24, 2.45) is 0 Å². The van der Waals surface area contributed by atoms with Gasteiger partial charge in [-0.2, -0.15) is 5.26 Å². The molecule has 45 heavy (non-hydrogen) atoms. The molecule has 2 unspecified atom stereocenters. The molecule has 5 aliphatic rings. The molecule has 0 aliphatic carbocycles. The van der Waals surface area contributed by atoms with Crippen molar-refractivity contribution < 1.29 is 43.2 Å². The fraction of sp³-hybridized carbons (Fsp3) is 0.500. The van der Waals surface area contributed by atoms with Crippen molar-refractivity contribution in [2.45, 2.75) is 63.0 Å². The van der Waals surface area contributed by atoms with Crippen LogP contribution in [0, 0.1) is 25.2 Å². The van der Waals surface area contributed by atoms with Crippen LogP contribution in [0.2, 0.25) is 0 Å². The molecule has 0 saturated carbocycles. The Labute approximate surface area is 265 Å². The van der Waals surface area contributed by atoms with Gasteiger partial charge in [0.25, 0.3) is 0 Å². The van der Waals surface area contributed by atoms with E-state index in [9.17, 15) is 24.8 Å². The number of rotatable bonds is 7. The number of fused-ring (bicyclic) bond motifs is 4. The maximum atomic E-state index is 12.6. The van der Waals surface area contributed by atoms with Crippen molar-refractivity contribution in [1.82, 2.24) is 9.80 Å². The van der Waals surface area contributed by atoms with Gasteiger partial charge in [0, 0.05) is 60.9 Å². The van der Waals surface area contributed by atoms with Crippen LogP contribution in [0.4, 0.5) is 0 Å². The predicted octanol–water partition coefficient (Wildman–Crippen LogP) is 3.44. The van der Waals surface area contributed by atoms with Crippen molar-refractivity contribution in [1.29, 1.82) is 5.26 Å². The number of aromatic hydroxyl groups is 1. The Morgan fingerprint density at radius 3 is 2.56 bits per heavy atom. The van der Waals surface area contributed by atoms with Gasteiger partial charge in [0.05, 0.1) is 30.5 Å². The highest BCUT2D eigenvalue weighted by molar-refractivity contribution is 8.00. The van der Waals surface area contributed by atoms with E-state index in [1.165, 1.54) is 32.7 Å². The van der Waals surface area contributed by atoms with Crippen LogP contribution in [-0.2, 0) is 25.5 Å². The predicted molar refractivity (Wildman–Crippen MR) is 162 cm³/mol. The molecule has 2 bridgehead atoms. The second-order valence-electron chi connectivity index (χ2n) is 11.9. The molecular weight excluding hydrogens is 602 g/mol. The lowest BCUT2D eigenvalue weighted by atomic mass is 9.76. The molecule has 7 rings (SSSR count). The van der Waals surface area contributed by atoms with Gasteiger partial charge in [-0.1, -0.05) is 6.07 Å². The first kappa shape index (κ1) is 31.0. The number of phenols is 1. The zero-order valence-electron chi connectivity index (χ0n) is 26.0. The van der Waals surface area contributed by atoms with E-state index < -0.39 is 40.9 Å². The number of methoxy groups -OCH3 is 1. The standard InChI is InChI=1S/C32H35N3O9S/c1-15-9-19-10-32(12-33)13-34(5)24(21(19)26(39)27(15)40-6)25-31(45-8-7-36)23-22(20(35(25)32)11-41-17(3)37)30-29(42-14-43-30)16(2)28(23)44-18(4)38/h7,9,20,24-25,31,39H,8,10-11,13-14H2,1-6H3/t20-,24?,25?,31+,32-/m0/s1. The summed E-state index contributed by atoms with van der Waals surface area (Å²) in [5.74, 6) is 0.479. The third kappa shape index (κ3) is 4.61. The molecule has 2 aromatic rings. The number of carbonyl (C=O) groups excluding carboxylic acids is 3. The zero-order chi connectivity index (χ0) is 32.4. The minimum atomic E-state index is -1.17. The Kier molecular flexibility index (Phi) is 7.87. The van der Waals surface area contributed by atoms with E-state index in [4.69, 9.17) is 23.7 Å². The highest BCUT2D eigenvalue weighted by Crippen LogP contribution is 2.64. The largest absolute Gasteiger partial charge is 0.504 e.